The Morgan fingerprint density at radius 3 is 2.56 bits per heavy atom. The van der Waals surface area contributed by atoms with Crippen LogP contribution in [0.3, 0.4) is 0 Å². The van der Waals surface area contributed by atoms with Gasteiger partial charge in [0.2, 0.25) is 5.91 Å². The SMILES string of the molecule is CN(C)CC(=O)N1CC[C@@H]2Cn3c(c(C4CCCCC4)c4ccc(C(=O)O)cc43)-c3ccccc3[C@H]21. The van der Waals surface area contributed by atoms with E-state index in [4.69, 9.17) is 0 Å². The number of amides is 1. The standard InChI is InChI=1S/C30H35N3O3/c1-31(2)18-26(34)32-15-14-21-17-33-25-16-20(30(35)36)12-13-24(25)27(19-8-4-3-5-9-19)29(33)23-11-7-6-10-22(23)28(21)32/h6-7,10-13,16,19,21,28H,3-5,8-9,14-15,17-18H2,1-2H3,(H,35,36)/t21-,28+/m1/s1. The number of likely N-dealkylation sites (tertiary alicyclic amines) is 1. The van der Waals surface area contributed by atoms with E-state index < -0.39 is 5.97 Å². The fourth-order valence-electron chi connectivity index (χ4n) is 7.11. The second kappa shape index (κ2) is 9.07. The van der Waals surface area contributed by atoms with Crippen molar-refractivity contribution < 1.29 is 14.7 Å². The summed E-state index contributed by atoms with van der Waals surface area (Å²) in [6.45, 7) is 1.98. The molecule has 0 spiro atoms. The molecule has 188 valence electrons. The minimum atomic E-state index is -0.889. The van der Waals surface area contributed by atoms with Gasteiger partial charge in [0.15, 0.2) is 0 Å². The molecule has 6 rings (SSSR count). The first kappa shape index (κ1) is 23.3. The van der Waals surface area contributed by atoms with Gasteiger partial charge in [0.1, 0.15) is 0 Å². The molecular formula is C30H35N3O3. The Morgan fingerprint density at radius 2 is 1.81 bits per heavy atom. The zero-order chi connectivity index (χ0) is 25.0. The molecule has 1 aromatic heterocycles. The molecule has 0 bridgehead atoms. The quantitative estimate of drug-likeness (QED) is 0.529. The zero-order valence-corrected chi connectivity index (χ0v) is 21.2. The molecule has 1 saturated heterocycles. The third kappa shape index (κ3) is 3.74. The molecule has 36 heavy (non-hydrogen) atoms. The number of hydrogen-bond donors (Lipinski definition) is 1. The number of benzene rings is 2. The number of hydrogen-bond acceptors (Lipinski definition) is 3. The molecule has 1 aliphatic carbocycles. The minimum absolute atomic E-state index is 0.0467. The van der Waals surface area contributed by atoms with Crippen LogP contribution >= 0.6 is 0 Å². The Hall–Kier alpha value is -3.12. The molecule has 0 unspecified atom stereocenters. The van der Waals surface area contributed by atoms with Crippen LogP contribution in [0.1, 0.15) is 72.0 Å². The van der Waals surface area contributed by atoms with E-state index in [1.807, 2.05) is 31.1 Å². The highest BCUT2D eigenvalue weighted by atomic mass is 16.4. The summed E-state index contributed by atoms with van der Waals surface area (Å²) >= 11 is 0. The average molecular weight is 486 g/mol. The van der Waals surface area contributed by atoms with Crippen LogP contribution < -0.4 is 0 Å². The van der Waals surface area contributed by atoms with Gasteiger partial charge in [-0.15, -0.1) is 0 Å². The van der Waals surface area contributed by atoms with E-state index in [9.17, 15) is 14.7 Å². The molecule has 3 aromatic rings. The number of carboxylic acids is 1. The maximum Gasteiger partial charge on any atom is 0.335 e. The second-order valence-corrected chi connectivity index (χ2v) is 11.2. The monoisotopic (exact) mass is 485 g/mol. The fourth-order valence-corrected chi connectivity index (χ4v) is 7.11. The van der Waals surface area contributed by atoms with Crippen LogP contribution in [0, 0.1) is 5.92 Å². The van der Waals surface area contributed by atoms with Crippen molar-refractivity contribution in [2.24, 2.45) is 5.92 Å². The summed E-state index contributed by atoms with van der Waals surface area (Å²) in [7, 11) is 3.89. The van der Waals surface area contributed by atoms with E-state index in [1.165, 1.54) is 59.9 Å². The van der Waals surface area contributed by atoms with Crippen LogP contribution in [0.15, 0.2) is 42.5 Å². The number of likely N-dealkylation sites (N-methyl/N-ethyl adjacent to an activating group) is 1. The van der Waals surface area contributed by atoms with E-state index in [-0.39, 0.29) is 11.9 Å². The molecule has 6 heteroatoms. The number of carbonyl (C=O) groups is 2. The van der Waals surface area contributed by atoms with Gasteiger partial charge in [-0.1, -0.05) is 49.6 Å². The lowest BCUT2D eigenvalue weighted by molar-refractivity contribution is -0.133. The van der Waals surface area contributed by atoms with Gasteiger partial charge in [0.25, 0.3) is 0 Å². The van der Waals surface area contributed by atoms with Crippen LogP contribution in [-0.2, 0) is 11.3 Å². The van der Waals surface area contributed by atoms with Gasteiger partial charge < -0.3 is 19.5 Å². The highest BCUT2D eigenvalue weighted by molar-refractivity contribution is 5.98. The minimum Gasteiger partial charge on any atom is -0.478 e. The van der Waals surface area contributed by atoms with Crippen LogP contribution in [0.25, 0.3) is 22.2 Å². The zero-order valence-electron chi connectivity index (χ0n) is 21.2. The number of rotatable bonds is 4. The maximum atomic E-state index is 13.3. The second-order valence-electron chi connectivity index (χ2n) is 11.2. The lowest BCUT2D eigenvalue weighted by Crippen LogP contribution is -2.38. The van der Waals surface area contributed by atoms with Crippen LogP contribution in [0.4, 0.5) is 0 Å². The summed E-state index contributed by atoms with van der Waals surface area (Å²) in [6, 6.07) is 14.4. The molecule has 1 saturated carbocycles. The van der Waals surface area contributed by atoms with Crippen LogP contribution in [0.2, 0.25) is 0 Å². The normalized spacial score (nSPS) is 21.8. The van der Waals surface area contributed by atoms with Crippen molar-refractivity contribution in [3.63, 3.8) is 0 Å². The summed E-state index contributed by atoms with van der Waals surface area (Å²) in [5.41, 5.74) is 6.46. The summed E-state index contributed by atoms with van der Waals surface area (Å²) in [5.74, 6) is 0.0618. The topological polar surface area (TPSA) is 65.8 Å². The summed E-state index contributed by atoms with van der Waals surface area (Å²) in [5, 5.41) is 11.0. The molecule has 1 N–H and O–H groups in total. The fraction of sp³-hybridized carbons (Fsp3) is 0.467. The van der Waals surface area contributed by atoms with Gasteiger partial charge in [-0.05, 0) is 62.5 Å². The molecule has 3 heterocycles. The first-order chi connectivity index (χ1) is 17.4. The molecule has 2 fully saturated rings. The van der Waals surface area contributed by atoms with E-state index in [0.717, 1.165) is 25.0 Å². The summed E-state index contributed by atoms with van der Waals surface area (Å²) < 4.78 is 2.41. The van der Waals surface area contributed by atoms with E-state index in [2.05, 4.69) is 33.7 Å². The van der Waals surface area contributed by atoms with Gasteiger partial charge in [-0.3, -0.25) is 4.79 Å². The van der Waals surface area contributed by atoms with Crippen molar-refractivity contribution in [1.82, 2.24) is 14.4 Å². The third-order valence-electron chi connectivity index (χ3n) is 8.61. The van der Waals surface area contributed by atoms with Gasteiger partial charge >= 0.3 is 5.97 Å². The van der Waals surface area contributed by atoms with Gasteiger partial charge in [-0.25, -0.2) is 4.79 Å². The Labute approximate surface area is 212 Å². The first-order valence-electron chi connectivity index (χ1n) is 13.4. The molecule has 2 atom stereocenters. The van der Waals surface area contributed by atoms with Gasteiger partial charge in [0.05, 0.1) is 23.8 Å². The smallest absolute Gasteiger partial charge is 0.335 e. The number of nitrogens with zero attached hydrogens (tertiary/aromatic N) is 3. The molecule has 0 radical (unpaired) electrons. The van der Waals surface area contributed by atoms with Crippen molar-refractivity contribution in [3.05, 3.63) is 59.2 Å². The van der Waals surface area contributed by atoms with Crippen molar-refractivity contribution in [1.29, 1.82) is 0 Å². The van der Waals surface area contributed by atoms with Crippen molar-refractivity contribution in [2.45, 2.75) is 57.0 Å². The number of aromatic carboxylic acids is 1. The Bertz CT molecular complexity index is 1330. The van der Waals surface area contributed by atoms with Crippen molar-refractivity contribution >= 4 is 22.8 Å². The summed E-state index contributed by atoms with van der Waals surface area (Å²) in [6.07, 6.45) is 7.07. The predicted molar refractivity (Wildman–Crippen MR) is 141 cm³/mol. The maximum absolute atomic E-state index is 13.3. The Morgan fingerprint density at radius 1 is 1.03 bits per heavy atom. The molecule has 2 aliphatic heterocycles. The van der Waals surface area contributed by atoms with Gasteiger partial charge in [-0.2, -0.15) is 0 Å². The molecule has 1 amide bonds. The average Bonchev–Trinajstić information content (AvgIpc) is 3.39. The number of fused-ring (bicyclic) bond motifs is 7. The van der Waals surface area contributed by atoms with E-state index in [0.29, 0.717) is 23.9 Å². The Kier molecular flexibility index (Phi) is 5.87. The molecular weight excluding hydrogens is 450 g/mol. The van der Waals surface area contributed by atoms with Crippen LogP contribution in [-0.4, -0.2) is 58.5 Å². The van der Waals surface area contributed by atoms with Gasteiger partial charge in [0, 0.05) is 35.5 Å². The Balaban J connectivity index is 1.58. The largest absolute Gasteiger partial charge is 0.478 e. The number of carbonyl (C=O) groups excluding carboxylic acids is 1. The molecule has 6 nitrogen and oxygen atoms in total. The van der Waals surface area contributed by atoms with Crippen molar-refractivity contribution in [3.8, 4) is 11.3 Å². The molecule has 2 aromatic carbocycles. The number of aromatic nitrogens is 1. The first-order valence-corrected chi connectivity index (χ1v) is 13.4. The highest BCUT2D eigenvalue weighted by Gasteiger charge is 2.43. The van der Waals surface area contributed by atoms with Crippen molar-refractivity contribution in [2.75, 3.05) is 27.2 Å². The summed E-state index contributed by atoms with van der Waals surface area (Å²) in [4.78, 5) is 29.3. The van der Waals surface area contributed by atoms with E-state index in [1.54, 1.807) is 6.07 Å². The third-order valence-corrected chi connectivity index (χ3v) is 8.61. The highest BCUT2D eigenvalue weighted by Crippen LogP contribution is 2.51. The lowest BCUT2D eigenvalue weighted by atomic mass is 9.81. The predicted octanol–water partition coefficient (Wildman–Crippen LogP) is 5.52. The molecule has 3 aliphatic rings. The number of carboxylic acid groups (broad SMARTS) is 1. The lowest BCUT2D eigenvalue weighted by Gasteiger charge is -2.30. The van der Waals surface area contributed by atoms with Crippen LogP contribution in [0.5, 0.6) is 0 Å². The van der Waals surface area contributed by atoms with E-state index >= 15 is 0 Å².